The molecule has 5 rings (SSSR count). The average Bonchev–Trinajstić information content (AvgIpc) is 3.29. The Kier molecular flexibility index (Phi) is 5.71. The van der Waals surface area contributed by atoms with Crippen LogP contribution in [0.25, 0.3) is 17.0 Å². The van der Waals surface area contributed by atoms with Crippen LogP contribution in [0, 0.1) is 6.92 Å². The van der Waals surface area contributed by atoms with Gasteiger partial charge in [-0.05, 0) is 68.0 Å². The van der Waals surface area contributed by atoms with Gasteiger partial charge in [0.15, 0.2) is 5.76 Å². The number of furan rings is 1. The number of Topliss-reactive ketones (excluding diaryl/α,β-unsaturated/α-hetero) is 1. The number of carbonyl (C=O) groups excluding carboxylic acids is 2. The number of fused-ring (bicyclic) bond motifs is 2. The summed E-state index contributed by atoms with van der Waals surface area (Å²) < 4.78 is 23.6. The van der Waals surface area contributed by atoms with Crippen molar-refractivity contribution in [1.29, 1.82) is 0 Å². The first-order valence-corrected chi connectivity index (χ1v) is 11.4. The smallest absolute Gasteiger partial charge is 0.347 e. The van der Waals surface area contributed by atoms with Crippen LogP contribution in [0.4, 0.5) is 0 Å². The molecule has 0 bridgehead atoms. The number of benzene rings is 3. The lowest BCUT2D eigenvalue weighted by atomic mass is 10.1. The van der Waals surface area contributed by atoms with Gasteiger partial charge in [-0.15, -0.1) is 0 Å². The molecule has 0 amide bonds. The molecule has 6 nitrogen and oxygen atoms in total. The van der Waals surface area contributed by atoms with E-state index in [1.54, 1.807) is 43.3 Å². The van der Waals surface area contributed by atoms with Crippen molar-refractivity contribution in [2.24, 2.45) is 0 Å². The highest BCUT2D eigenvalue weighted by Crippen LogP contribution is 2.36. The lowest BCUT2D eigenvalue weighted by Crippen LogP contribution is -2.09. The van der Waals surface area contributed by atoms with E-state index < -0.39 is 5.97 Å². The molecule has 0 atom stereocenters. The maximum absolute atomic E-state index is 13.0. The molecule has 0 fully saturated rings. The third-order valence-corrected chi connectivity index (χ3v) is 5.84. The zero-order chi connectivity index (χ0) is 23.8. The molecular weight excluding hydrogens is 500 g/mol. The summed E-state index contributed by atoms with van der Waals surface area (Å²) in [6, 6.07) is 17.5. The van der Waals surface area contributed by atoms with Crippen LogP contribution in [-0.2, 0) is 0 Å². The van der Waals surface area contributed by atoms with Crippen molar-refractivity contribution in [3.63, 3.8) is 0 Å². The maximum Gasteiger partial charge on any atom is 0.347 e. The van der Waals surface area contributed by atoms with Crippen molar-refractivity contribution >= 4 is 44.7 Å². The molecule has 4 aromatic rings. The summed E-state index contributed by atoms with van der Waals surface area (Å²) in [5.74, 6) is 1.09. The van der Waals surface area contributed by atoms with Crippen LogP contribution in [0.1, 0.15) is 39.0 Å². The molecule has 34 heavy (non-hydrogen) atoms. The molecule has 0 N–H and O–H groups in total. The number of carbonyl (C=O) groups is 2. The van der Waals surface area contributed by atoms with E-state index in [4.69, 9.17) is 18.6 Å². The van der Waals surface area contributed by atoms with Crippen molar-refractivity contribution in [2.45, 2.75) is 13.8 Å². The Morgan fingerprint density at radius 1 is 1.06 bits per heavy atom. The molecule has 1 aliphatic heterocycles. The quantitative estimate of drug-likeness (QED) is 0.165. The molecule has 0 aliphatic carbocycles. The summed E-state index contributed by atoms with van der Waals surface area (Å²) in [6.07, 6.45) is 1.68. The van der Waals surface area contributed by atoms with Gasteiger partial charge in [-0.25, -0.2) is 4.79 Å². The first kappa shape index (κ1) is 22.0. The fourth-order valence-electron chi connectivity index (χ4n) is 3.85. The van der Waals surface area contributed by atoms with Crippen molar-refractivity contribution in [1.82, 2.24) is 0 Å². The minimum absolute atomic E-state index is 0.205. The number of halogens is 1. The van der Waals surface area contributed by atoms with Crippen LogP contribution in [-0.4, -0.2) is 18.4 Å². The van der Waals surface area contributed by atoms with E-state index >= 15 is 0 Å². The van der Waals surface area contributed by atoms with E-state index in [2.05, 4.69) is 15.9 Å². The van der Waals surface area contributed by atoms with E-state index in [1.165, 1.54) is 6.07 Å². The van der Waals surface area contributed by atoms with Crippen molar-refractivity contribution in [3.8, 4) is 17.2 Å². The number of ketones is 1. The summed E-state index contributed by atoms with van der Waals surface area (Å²) in [7, 11) is 0. The molecule has 170 valence electrons. The first-order valence-electron chi connectivity index (χ1n) is 10.6. The number of esters is 1. The molecule has 0 spiro atoms. The number of rotatable bonds is 5. The number of hydrogen-bond acceptors (Lipinski definition) is 6. The van der Waals surface area contributed by atoms with E-state index in [1.807, 2.05) is 31.2 Å². The standard InChI is InChI=1S/C27H19BrO6/c1-3-31-18-8-10-22-21(13-18)25(15(2)32-22)27(30)33-19-7-9-20-23(14-19)34-24(26(20)29)12-16-5-4-6-17(28)11-16/h4-14H,3H2,1-2H3/b24-12-. The van der Waals surface area contributed by atoms with E-state index in [0.717, 1.165) is 10.0 Å². The summed E-state index contributed by atoms with van der Waals surface area (Å²) in [5.41, 5.74) is 2.13. The fraction of sp³-hybridized carbons (Fsp3) is 0.111. The predicted molar refractivity (Wildman–Crippen MR) is 131 cm³/mol. The molecule has 7 heteroatoms. The van der Waals surface area contributed by atoms with Gasteiger partial charge in [0.2, 0.25) is 5.78 Å². The molecule has 3 aromatic carbocycles. The van der Waals surface area contributed by atoms with Crippen molar-refractivity contribution < 1.29 is 28.2 Å². The van der Waals surface area contributed by atoms with E-state index in [0.29, 0.717) is 46.0 Å². The third-order valence-electron chi connectivity index (χ3n) is 5.35. The van der Waals surface area contributed by atoms with Gasteiger partial charge < -0.3 is 18.6 Å². The number of aryl methyl sites for hydroxylation is 1. The van der Waals surface area contributed by atoms with Gasteiger partial charge in [-0.3, -0.25) is 4.79 Å². The predicted octanol–water partition coefficient (Wildman–Crippen LogP) is 6.74. The first-order chi connectivity index (χ1) is 16.4. The highest BCUT2D eigenvalue weighted by molar-refractivity contribution is 9.10. The van der Waals surface area contributed by atoms with Crippen LogP contribution in [0.5, 0.6) is 17.2 Å². The molecule has 0 saturated carbocycles. The Bertz CT molecular complexity index is 1480. The molecule has 1 aromatic heterocycles. The summed E-state index contributed by atoms with van der Waals surface area (Å²) in [5, 5.41) is 0.611. The second-order valence-electron chi connectivity index (χ2n) is 7.67. The molecule has 0 radical (unpaired) electrons. The Morgan fingerprint density at radius 3 is 2.68 bits per heavy atom. The lowest BCUT2D eigenvalue weighted by molar-refractivity contribution is 0.0734. The van der Waals surface area contributed by atoms with Crippen LogP contribution in [0.15, 0.2) is 75.3 Å². The van der Waals surface area contributed by atoms with Gasteiger partial charge in [0.05, 0.1) is 12.2 Å². The third kappa shape index (κ3) is 4.10. The summed E-state index contributed by atoms with van der Waals surface area (Å²) in [4.78, 5) is 25.8. The maximum atomic E-state index is 13.0. The van der Waals surface area contributed by atoms with Gasteiger partial charge in [-0.2, -0.15) is 0 Å². The van der Waals surface area contributed by atoms with E-state index in [-0.39, 0.29) is 17.3 Å². The van der Waals surface area contributed by atoms with Gasteiger partial charge in [-0.1, -0.05) is 28.1 Å². The largest absolute Gasteiger partial charge is 0.494 e. The van der Waals surface area contributed by atoms with Crippen LogP contribution in [0.3, 0.4) is 0 Å². The monoisotopic (exact) mass is 518 g/mol. The van der Waals surface area contributed by atoms with Crippen LogP contribution >= 0.6 is 15.9 Å². The highest BCUT2D eigenvalue weighted by atomic mass is 79.9. The Hall–Kier alpha value is -3.84. The molecule has 0 saturated heterocycles. The second-order valence-corrected chi connectivity index (χ2v) is 8.58. The number of hydrogen-bond donors (Lipinski definition) is 0. The zero-order valence-corrected chi connectivity index (χ0v) is 20.0. The van der Waals surface area contributed by atoms with Crippen LogP contribution in [0.2, 0.25) is 0 Å². The molecule has 0 unspecified atom stereocenters. The zero-order valence-electron chi connectivity index (χ0n) is 18.4. The van der Waals surface area contributed by atoms with Crippen LogP contribution < -0.4 is 14.2 Å². The van der Waals surface area contributed by atoms with Gasteiger partial charge in [0, 0.05) is 15.9 Å². The topological polar surface area (TPSA) is 75.0 Å². The van der Waals surface area contributed by atoms with E-state index in [9.17, 15) is 9.59 Å². The van der Waals surface area contributed by atoms with Crippen molar-refractivity contribution in [3.05, 3.63) is 93.3 Å². The Balaban J connectivity index is 1.41. The number of ether oxygens (including phenoxy) is 3. The molecule has 1 aliphatic rings. The number of allylic oxidation sites excluding steroid dienone is 1. The Labute approximate surface area is 203 Å². The highest BCUT2D eigenvalue weighted by Gasteiger charge is 2.28. The minimum Gasteiger partial charge on any atom is -0.494 e. The second kappa shape index (κ2) is 8.83. The van der Waals surface area contributed by atoms with Crippen molar-refractivity contribution in [2.75, 3.05) is 6.61 Å². The van der Waals surface area contributed by atoms with Gasteiger partial charge in [0.25, 0.3) is 0 Å². The summed E-state index contributed by atoms with van der Waals surface area (Å²) in [6.45, 7) is 4.11. The normalized spacial score (nSPS) is 13.7. The average molecular weight is 519 g/mol. The summed E-state index contributed by atoms with van der Waals surface area (Å²) >= 11 is 3.42. The molecule has 2 heterocycles. The SMILES string of the molecule is CCOc1ccc2oc(C)c(C(=O)Oc3ccc4c(c3)O/C(=C\c3cccc(Br)c3)C4=O)c2c1. The molecular formula is C27H19BrO6. The lowest BCUT2D eigenvalue weighted by Gasteiger charge is -2.06. The fourth-order valence-corrected chi connectivity index (χ4v) is 4.26. The Morgan fingerprint density at radius 2 is 1.88 bits per heavy atom. The minimum atomic E-state index is -0.570. The van der Waals surface area contributed by atoms with Gasteiger partial charge in [0.1, 0.15) is 34.2 Å². The van der Waals surface area contributed by atoms with Gasteiger partial charge >= 0.3 is 5.97 Å².